The lowest BCUT2D eigenvalue weighted by Crippen LogP contribution is -2.53. The van der Waals surface area contributed by atoms with Gasteiger partial charge in [0.25, 0.3) is 0 Å². The number of methoxy groups -OCH3 is 1. The van der Waals surface area contributed by atoms with Crippen LogP contribution in [0.2, 0.25) is 0 Å². The minimum atomic E-state index is -4.20. The number of carbonyl (C=O) groups excluding carboxylic acids is 1. The number of ether oxygens (including phenoxy) is 1. The van der Waals surface area contributed by atoms with Gasteiger partial charge in [0, 0.05) is 32.7 Å². The maximum absolute atomic E-state index is 12.4. The minimum absolute atomic E-state index is 0.227. The summed E-state index contributed by atoms with van der Waals surface area (Å²) in [5.74, 6) is 0.785. The second kappa shape index (κ2) is 8.04. The number of urea groups is 1. The second-order valence-electron chi connectivity index (χ2n) is 6.58. The predicted molar refractivity (Wildman–Crippen MR) is 96.8 cm³/mol. The van der Waals surface area contributed by atoms with E-state index in [9.17, 15) is 18.0 Å². The van der Waals surface area contributed by atoms with Gasteiger partial charge in [-0.3, -0.25) is 4.90 Å². The molecule has 0 aromatic heterocycles. The van der Waals surface area contributed by atoms with Crippen molar-refractivity contribution in [1.82, 2.24) is 15.1 Å². The topological polar surface area (TPSA) is 44.8 Å². The van der Waals surface area contributed by atoms with E-state index in [1.807, 2.05) is 36.4 Å². The van der Waals surface area contributed by atoms with Gasteiger partial charge in [-0.25, -0.2) is 4.79 Å². The molecule has 0 saturated carbocycles. The summed E-state index contributed by atoms with van der Waals surface area (Å²) in [6, 6.07) is 11.4. The van der Waals surface area contributed by atoms with Gasteiger partial charge in [-0.05, 0) is 34.5 Å². The third kappa shape index (κ3) is 5.26. The molecule has 1 aliphatic rings. The van der Waals surface area contributed by atoms with Crippen molar-refractivity contribution < 1.29 is 22.7 Å². The van der Waals surface area contributed by atoms with E-state index in [0.29, 0.717) is 19.6 Å². The molecule has 1 fully saturated rings. The Morgan fingerprint density at radius 1 is 1.07 bits per heavy atom. The van der Waals surface area contributed by atoms with E-state index in [0.717, 1.165) is 22.1 Å². The van der Waals surface area contributed by atoms with Crippen molar-refractivity contribution in [2.75, 3.05) is 39.8 Å². The second-order valence-corrected chi connectivity index (χ2v) is 6.58. The summed E-state index contributed by atoms with van der Waals surface area (Å²) in [6.07, 6.45) is -4.20. The fraction of sp³-hybridized carbons (Fsp3) is 0.421. The zero-order valence-corrected chi connectivity index (χ0v) is 15.1. The van der Waals surface area contributed by atoms with E-state index >= 15 is 0 Å². The van der Waals surface area contributed by atoms with Gasteiger partial charge in [0.05, 0.1) is 13.7 Å². The van der Waals surface area contributed by atoms with Crippen LogP contribution in [0.25, 0.3) is 10.8 Å². The Hall–Kier alpha value is -2.48. The predicted octanol–water partition coefficient (Wildman–Crippen LogP) is 3.24. The molecule has 0 atom stereocenters. The molecule has 0 radical (unpaired) electrons. The summed E-state index contributed by atoms with van der Waals surface area (Å²) in [5.41, 5.74) is 0.955. The lowest BCUT2D eigenvalue weighted by Gasteiger charge is -2.34. The highest BCUT2D eigenvalue weighted by Crippen LogP contribution is 2.22. The van der Waals surface area contributed by atoms with Crippen molar-refractivity contribution in [3.05, 3.63) is 42.0 Å². The molecule has 1 heterocycles. The molecule has 2 aromatic rings. The number of nitrogens with zero attached hydrogens (tertiary/aromatic N) is 2. The van der Waals surface area contributed by atoms with Crippen molar-refractivity contribution in [2.45, 2.75) is 12.7 Å². The summed E-state index contributed by atoms with van der Waals surface area (Å²) in [4.78, 5) is 15.1. The van der Waals surface area contributed by atoms with Crippen LogP contribution >= 0.6 is 0 Å². The summed E-state index contributed by atoms with van der Waals surface area (Å²) in [6.45, 7) is 0.474. The quantitative estimate of drug-likeness (QED) is 0.885. The van der Waals surface area contributed by atoms with Gasteiger partial charge in [0.1, 0.15) is 5.75 Å². The van der Waals surface area contributed by atoms with E-state index in [1.54, 1.807) is 12.0 Å². The molecule has 0 spiro atoms. The number of hydrogen-bond donors (Lipinski definition) is 1. The molecule has 8 heteroatoms. The molecule has 146 valence electrons. The fourth-order valence-electron chi connectivity index (χ4n) is 3.16. The number of halogens is 3. The van der Waals surface area contributed by atoms with Gasteiger partial charge in [-0.2, -0.15) is 13.2 Å². The molecule has 5 nitrogen and oxygen atoms in total. The van der Waals surface area contributed by atoms with Crippen LogP contribution in [0, 0.1) is 0 Å². The van der Waals surface area contributed by atoms with Crippen LogP contribution in [-0.4, -0.2) is 61.8 Å². The number of alkyl halides is 3. The molecule has 2 aromatic carbocycles. The van der Waals surface area contributed by atoms with E-state index in [1.165, 1.54) is 4.90 Å². The standard InChI is InChI=1S/C19H22F3N3O2/c1-27-17-5-4-15-10-14(2-3-16(15)11-17)12-23-18(26)25-8-6-24(7-9-25)13-19(20,21)22/h2-5,10-11H,6-9,12-13H2,1H3,(H,23,26). The first-order valence-corrected chi connectivity index (χ1v) is 8.72. The number of amides is 2. The third-order valence-corrected chi connectivity index (χ3v) is 4.62. The number of nitrogens with one attached hydrogen (secondary N) is 1. The number of fused-ring (bicyclic) bond motifs is 1. The Kier molecular flexibility index (Phi) is 5.74. The van der Waals surface area contributed by atoms with Gasteiger partial charge >= 0.3 is 12.2 Å². The molecule has 0 bridgehead atoms. The smallest absolute Gasteiger partial charge is 0.401 e. The molecule has 1 saturated heterocycles. The number of rotatable bonds is 4. The Balaban J connectivity index is 1.51. The van der Waals surface area contributed by atoms with Crippen LogP contribution in [0.3, 0.4) is 0 Å². The molecule has 0 unspecified atom stereocenters. The van der Waals surface area contributed by atoms with Gasteiger partial charge in [-0.1, -0.05) is 18.2 Å². The SMILES string of the molecule is COc1ccc2cc(CNC(=O)N3CCN(CC(F)(F)F)CC3)ccc2c1. The number of carbonyl (C=O) groups is 1. The molecule has 1 aliphatic heterocycles. The van der Waals surface area contributed by atoms with Crippen LogP contribution in [0.15, 0.2) is 36.4 Å². The van der Waals surface area contributed by atoms with Crippen molar-refractivity contribution in [2.24, 2.45) is 0 Å². The monoisotopic (exact) mass is 381 g/mol. The summed E-state index contributed by atoms with van der Waals surface area (Å²) < 4.78 is 42.5. The first-order chi connectivity index (χ1) is 12.8. The van der Waals surface area contributed by atoms with E-state index in [4.69, 9.17) is 4.74 Å². The highest BCUT2D eigenvalue weighted by molar-refractivity contribution is 5.84. The zero-order valence-electron chi connectivity index (χ0n) is 15.1. The molecular formula is C19H22F3N3O2. The first-order valence-electron chi connectivity index (χ1n) is 8.72. The van der Waals surface area contributed by atoms with Crippen molar-refractivity contribution in [3.63, 3.8) is 0 Å². The maximum atomic E-state index is 12.4. The van der Waals surface area contributed by atoms with E-state index < -0.39 is 12.7 Å². The van der Waals surface area contributed by atoms with E-state index in [-0.39, 0.29) is 19.1 Å². The van der Waals surface area contributed by atoms with Gasteiger partial charge in [0.2, 0.25) is 0 Å². The number of hydrogen-bond acceptors (Lipinski definition) is 3. The van der Waals surface area contributed by atoms with Gasteiger partial charge < -0.3 is 15.0 Å². The average molecular weight is 381 g/mol. The fourth-order valence-corrected chi connectivity index (χ4v) is 3.16. The van der Waals surface area contributed by atoms with Gasteiger partial charge in [0.15, 0.2) is 0 Å². The van der Waals surface area contributed by atoms with Crippen LogP contribution in [-0.2, 0) is 6.54 Å². The molecule has 2 amide bonds. The average Bonchev–Trinajstić information content (AvgIpc) is 2.64. The molecule has 1 N–H and O–H groups in total. The van der Waals surface area contributed by atoms with E-state index in [2.05, 4.69) is 5.32 Å². The van der Waals surface area contributed by atoms with Crippen LogP contribution in [0.5, 0.6) is 5.75 Å². The highest BCUT2D eigenvalue weighted by atomic mass is 19.4. The summed E-state index contributed by atoms with van der Waals surface area (Å²) in [5, 5.41) is 4.93. The summed E-state index contributed by atoms with van der Waals surface area (Å²) in [7, 11) is 1.62. The maximum Gasteiger partial charge on any atom is 0.401 e. The number of benzene rings is 2. The molecular weight excluding hydrogens is 359 g/mol. The first kappa shape index (κ1) is 19.3. The minimum Gasteiger partial charge on any atom is -0.497 e. The lowest BCUT2D eigenvalue weighted by molar-refractivity contribution is -0.148. The van der Waals surface area contributed by atoms with Crippen LogP contribution in [0.1, 0.15) is 5.56 Å². The summed E-state index contributed by atoms with van der Waals surface area (Å²) >= 11 is 0. The van der Waals surface area contributed by atoms with Crippen molar-refractivity contribution >= 4 is 16.8 Å². The normalized spacial score (nSPS) is 15.8. The highest BCUT2D eigenvalue weighted by Gasteiger charge is 2.32. The lowest BCUT2D eigenvalue weighted by atomic mass is 10.1. The molecule has 3 rings (SSSR count). The third-order valence-electron chi connectivity index (χ3n) is 4.62. The Morgan fingerprint density at radius 2 is 1.74 bits per heavy atom. The van der Waals surface area contributed by atoms with Crippen LogP contribution < -0.4 is 10.1 Å². The van der Waals surface area contributed by atoms with Crippen molar-refractivity contribution in [3.8, 4) is 5.75 Å². The van der Waals surface area contributed by atoms with Gasteiger partial charge in [-0.15, -0.1) is 0 Å². The molecule has 27 heavy (non-hydrogen) atoms. The van der Waals surface area contributed by atoms with Crippen LogP contribution in [0.4, 0.5) is 18.0 Å². The Labute approximate surface area is 155 Å². The Morgan fingerprint density at radius 3 is 2.41 bits per heavy atom. The zero-order chi connectivity index (χ0) is 19.4. The number of piperazine rings is 1. The molecule has 0 aliphatic carbocycles. The largest absolute Gasteiger partial charge is 0.497 e. The Bertz CT molecular complexity index is 802. The van der Waals surface area contributed by atoms with Crippen molar-refractivity contribution in [1.29, 1.82) is 0 Å².